The first-order chi connectivity index (χ1) is 11.7. The van der Waals surface area contributed by atoms with E-state index in [0.29, 0.717) is 0 Å². The molecule has 0 bridgehead atoms. The lowest BCUT2D eigenvalue weighted by Gasteiger charge is -2.36. The van der Waals surface area contributed by atoms with Gasteiger partial charge < -0.3 is 15.1 Å². The maximum atomic E-state index is 5.40. The lowest BCUT2D eigenvalue weighted by atomic mass is 10.1. The fourth-order valence-electron chi connectivity index (χ4n) is 2.87. The molecule has 126 valence electrons. The van der Waals surface area contributed by atoms with Crippen LogP contribution in [0.2, 0.25) is 0 Å². The number of nitrogens with one attached hydrogen (secondary N) is 1. The molecule has 2 heterocycles. The molecule has 1 fully saturated rings. The van der Waals surface area contributed by atoms with E-state index < -0.39 is 0 Å². The quantitative estimate of drug-likeness (QED) is 0.866. The number of aromatic nitrogens is 2. The standard InChI is InChI=1S/C18H23N5S/c1-3-19-18(24)23-11-9-22(10-12-23)17-13-16(20-14(2)21-17)15-7-5-4-6-8-15/h4-8,13H,3,9-12H2,1-2H3,(H,19,24). The number of anilines is 1. The van der Waals surface area contributed by atoms with Crippen LogP contribution >= 0.6 is 12.2 Å². The molecular weight excluding hydrogens is 318 g/mol. The minimum atomic E-state index is 0.803. The van der Waals surface area contributed by atoms with Crippen LogP contribution < -0.4 is 10.2 Å². The third kappa shape index (κ3) is 3.82. The average molecular weight is 341 g/mol. The molecule has 1 aromatic heterocycles. The highest BCUT2D eigenvalue weighted by Crippen LogP contribution is 2.22. The van der Waals surface area contributed by atoms with Gasteiger partial charge in [-0.1, -0.05) is 30.3 Å². The van der Waals surface area contributed by atoms with E-state index in [1.54, 1.807) is 0 Å². The Bertz CT molecular complexity index is 696. The van der Waals surface area contributed by atoms with Gasteiger partial charge in [0.15, 0.2) is 5.11 Å². The van der Waals surface area contributed by atoms with Crippen molar-refractivity contribution < 1.29 is 0 Å². The van der Waals surface area contributed by atoms with E-state index in [2.05, 4.69) is 50.2 Å². The number of piperazine rings is 1. The number of benzene rings is 1. The van der Waals surface area contributed by atoms with E-state index in [9.17, 15) is 0 Å². The summed E-state index contributed by atoms with van der Waals surface area (Å²) in [5, 5.41) is 4.07. The predicted octanol–water partition coefficient (Wildman–Crippen LogP) is 2.47. The summed E-state index contributed by atoms with van der Waals surface area (Å²) in [7, 11) is 0. The number of nitrogens with zero attached hydrogens (tertiary/aromatic N) is 4. The Balaban J connectivity index is 1.74. The molecule has 2 aromatic rings. The van der Waals surface area contributed by atoms with E-state index in [1.165, 1.54) is 0 Å². The fraction of sp³-hybridized carbons (Fsp3) is 0.389. The minimum absolute atomic E-state index is 0.803. The Hall–Kier alpha value is -2.21. The van der Waals surface area contributed by atoms with E-state index in [1.807, 2.05) is 25.1 Å². The maximum absolute atomic E-state index is 5.40. The topological polar surface area (TPSA) is 44.3 Å². The summed E-state index contributed by atoms with van der Waals surface area (Å²) in [6.45, 7) is 8.53. The van der Waals surface area contributed by atoms with Gasteiger partial charge in [0, 0.05) is 44.4 Å². The predicted molar refractivity (Wildman–Crippen MR) is 102 cm³/mol. The highest BCUT2D eigenvalue weighted by Gasteiger charge is 2.20. The second-order valence-corrected chi connectivity index (χ2v) is 6.22. The summed E-state index contributed by atoms with van der Waals surface area (Å²) >= 11 is 5.40. The number of hydrogen-bond acceptors (Lipinski definition) is 4. The normalized spacial score (nSPS) is 14.6. The van der Waals surface area contributed by atoms with Crippen LogP contribution in [0, 0.1) is 6.92 Å². The van der Waals surface area contributed by atoms with Gasteiger partial charge in [-0.05, 0) is 26.1 Å². The van der Waals surface area contributed by atoms with Crippen LogP contribution in [0.5, 0.6) is 0 Å². The van der Waals surface area contributed by atoms with Gasteiger partial charge >= 0.3 is 0 Å². The molecule has 0 saturated carbocycles. The van der Waals surface area contributed by atoms with Gasteiger partial charge in [-0.2, -0.15) is 0 Å². The van der Waals surface area contributed by atoms with Crippen LogP contribution in [-0.2, 0) is 0 Å². The lowest BCUT2D eigenvalue weighted by Crippen LogP contribution is -2.52. The molecule has 3 rings (SSSR count). The van der Waals surface area contributed by atoms with Crippen molar-refractivity contribution >= 4 is 23.1 Å². The molecule has 1 aliphatic rings. The zero-order valence-electron chi connectivity index (χ0n) is 14.2. The van der Waals surface area contributed by atoms with Crippen LogP contribution in [0.3, 0.4) is 0 Å². The Labute approximate surface area is 148 Å². The van der Waals surface area contributed by atoms with Crippen molar-refractivity contribution in [2.75, 3.05) is 37.6 Å². The summed E-state index contributed by atoms with van der Waals surface area (Å²) in [5.41, 5.74) is 2.10. The van der Waals surface area contributed by atoms with Crippen LogP contribution in [0.15, 0.2) is 36.4 Å². The van der Waals surface area contributed by atoms with Gasteiger partial charge in [0.25, 0.3) is 0 Å². The molecule has 1 saturated heterocycles. The van der Waals surface area contributed by atoms with Gasteiger partial charge in [-0.15, -0.1) is 0 Å². The Morgan fingerprint density at radius 2 is 1.83 bits per heavy atom. The third-order valence-electron chi connectivity index (χ3n) is 4.11. The zero-order valence-corrected chi connectivity index (χ0v) is 15.0. The molecule has 0 radical (unpaired) electrons. The average Bonchev–Trinajstić information content (AvgIpc) is 2.62. The molecule has 24 heavy (non-hydrogen) atoms. The number of aryl methyl sites for hydroxylation is 1. The van der Waals surface area contributed by atoms with Gasteiger partial charge in [-0.3, -0.25) is 0 Å². The molecule has 1 N–H and O–H groups in total. The third-order valence-corrected chi connectivity index (χ3v) is 4.52. The van der Waals surface area contributed by atoms with Crippen molar-refractivity contribution in [1.29, 1.82) is 0 Å². The summed E-state index contributed by atoms with van der Waals surface area (Å²) in [6, 6.07) is 12.3. The summed E-state index contributed by atoms with van der Waals surface area (Å²) in [5.74, 6) is 1.80. The van der Waals surface area contributed by atoms with Gasteiger partial charge in [0.1, 0.15) is 11.6 Å². The summed E-state index contributed by atoms with van der Waals surface area (Å²) < 4.78 is 0. The smallest absolute Gasteiger partial charge is 0.169 e. The van der Waals surface area contributed by atoms with Gasteiger partial charge in [0.2, 0.25) is 0 Å². The molecular formula is C18H23N5S. The highest BCUT2D eigenvalue weighted by atomic mass is 32.1. The monoisotopic (exact) mass is 341 g/mol. The first-order valence-electron chi connectivity index (χ1n) is 8.36. The molecule has 0 unspecified atom stereocenters. The van der Waals surface area contributed by atoms with E-state index in [-0.39, 0.29) is 0 Å². The van der Waals surface area contributed by atoms with Crippen molar-refractivity contribution in [2.45, 2.75) is 13.8 Å². The number of rotatable bonds is 3. The van der Waals surface area contributed by atoms with Crippen molar-refractivity contribution in [3.8, 4) is 11.3 Å². The summed E-state index contributed by atoms with van der Waals surface area (Å²) in [4.78, 5) is 13.8. The molecule has 5 nitrogen and oxygen atoms in total. The number of hydrogen-bond donors (Lipinski definition) is 1. The Kier molecular flexibility index (Phi) is 5.25. The molecule has 6 heteroatoms. The van der Waals surface area contributed by atoms with E-state index >= 15 is 0 Å². The second kappa shape index (κ2) is 7.57. The molecule has 1 aromatic carbocycles. The van der Waals surface area contributed by atoms with Crippen molar-refractivity contribution in [2.24, 2.45) is 0 Å². The van der Waals surface area contributed by atoms with Crippen LogP contribution in [-0.4, -0.2) is 52.7 Å². The van der Waals surface area contributed by atoms with Crippen LogP contribution in [0.25, 0.3) is 11.3 Å². The largest absolute Gasteiger partial charge is 0.363 e. The molecule has 0 aliphatic carbocycles. The van der Waals surface area contributed by atoms with E-state index in [0.717, 1.165) is 60.7 Å². The van der Waals surface area contributed by atoms with Crippen molar-refractivity contribution in [3.63, 3.8) is 0 Å². The number of thiocarbonyl (C=S) groups is 1. The maximum Gasteiger partial charge on any atom is 0.169 e. The molecule has 0 spiro atoms. The van der Waals surface area contributed by atoms with Crippen molar-refractivity contribution in [3.05, 3.63) is 42.2 Å². The first kappa shape index (κ1) is 16.6. The molecule has 0 atom stereocenters. The second-order valence-electron chi connectivity index (χ2n) is 5.83. The molecule has 1 aliphatic heterocycles. The van der Waals surface area contributed by atoms with Crippen LogP contribution in [0.1, 0.15) is 12.7 Å². The fourth-order valence-corrected chi connectivity index (χ4v) is 3.20. The SMILES string of the molecule is CCNC(=S)N1CCN(c2cc(-c3ccccc3)nc(C)n2)CC1. The summed E-state index contributed by atoms with van der Waals surface area (Å²) in [6.07, 6.45) is 0. The zero-order chi connectivity index (χ0) is 16.9. The first-order valence-corrected chi connectivity index (χ1v) is 8.77. The highest BCUT2D eigenvalue weighted by molar-refractivity contribution is 7.80. The lowest BCUT2D eigenvalue weighted by molar-refractivity contribution is 0.379. The minimum Gasteiger partial charge on any atom is -0.363 e. The van der Waals surface area contributed by atoms with E-state index in [4.69, 9.17) is 12.2 Å². The Morgan fingerprint density at radius 3 is 2.50 bits per heavy atom. The van der Waals surface area contributed by atoms with Crippen molar-refractivity contribution in [1.82, 2.24) is 20.2 Å². The molecule has 0 amide bonds. The van der Waals surface area contributed by atoms with Gasteiger partial charge in [-0.25, -0.2) is 9.97 Å². The Morgan fingerprint density at radius 1 is 1.12 bits per heavy atom. The van der Waals surface area contributed by atoms with Crippen LogP contribution in [0.4, 0.5) is 5.82 Å². The van der Waals surface area contributed by atoms with Gasteiger partial charge in [0.05, 0.1) is 5.69 Å².